The van der Waals surface area contributed by atoms with Gasteiger partial charge in [0.25, 0.3) is 0 Å². The van der Waals surface area contributed by atoms with Crippen molar-refractivity contribution in [2.75, 3.05) is 101 Å². The standard InChI is InChI=1S/C76H116F8N12O14/c1-12-45(5)63-71(106)89(7)43-61(99)91(9)55-22-17-19-44(4)40-95(70(55)105)58(37-46-23-26-49(27-24-46)75(79,80)81)68(103)88(6)42-59(97)85-53(28-25-47-35-51(77)62(52(78)36-47)76(82,83)84)67(102)96-41-50(110-14-3)38-56(96)66(101)87-74(29-18-30-74)73(108)93(11)64(48-20-15-16-21-48)72(107)92(10)57(69(104)94-31-33-109-34-32-94)39-60(98)90(8)54(13-2)65(100)86-63/h19,45-58,62-64H,12-18,20-43H2,1-11H3,(H,85,97)(H,86,100)(H,87,101)/b44-19-/t45-,46?,47?,49?,50+,51?,52?,53-,54-,55-,56-,57-,58-,62?,63-,64-/m0/s1. The molecule has 4 heterocycles. The second-order valence-corrected chi connectivity index (χ2v) is 32.2. The lowest BCUT2D eigenvalue weighted by Gasteiger charge is -2.47. The molecule has 3 N–H and O–H groups in total. The fourth-order valence-electron chi connectivity index (χ4n) is 17.7. The molecule has 4 aliphatic carbocycles. The van der Waals surface area contributed by atoms with Gasteiger partial charge in [0.1, 0.15) is 72.1 Å². The Kier molecular flexibility index (Phi) is 30.5. The number of likely N-dealkylation sites (N-methyl/N-ethyl adjacent to an activating group) is 6. The molecule has 620 valence electrons. The van der Waals surface area contributed by atoms with E-state index in [0.717, 1.165) is 29.4 Å². The molecule has 4 aliphatic heterocycles. The van der Waals surface area contributed by atoms with Crippen LogP contribution in [0.25, 0.3) is 0 Å². The second-order valence-electron chi connectivity index (χ2n) is 32.2. The van der Waals surface area contributed by atoms with Crippen LogP contribution in [0, 0.1) is 35.5 Å². The molecule has 4 saturated carbocycles. The Morgan fingerprint density at radius 2 is 1.26 bits per heavy atom. The van der Waals surface area contributed by atoms with Crippen molar-refractivity contribution in [1.29, 1.82) is 0 Å². The molecule has 2 unspecified atom stereocenters. The predicted octanol–water partition coefficient (Wildman–Crippen LogP) is 5.88. The number of allylic oxidation sites excluding steroid dienone is 1. The summed E-state index contributed by atoms with van der Waals surface area (Å²) in [4.78, 5) is 193. The third kappa shape index (κ3) is 20.9. The van der Waals surface area contributed by atoms with Crippen molar-refractivity contribution in [2.45, 2.75) is 261 Å². The van der Waals surface area contributed by atoms with E-state index in [2.05, 4.69) is 16.0 Å². The molecule has 7 fully saturated rings. The number of hydrogen-bond donors (Lipinski definition) is 3. The van der Waals surface area contributed by atoms with Gasteiger partial charge < -0.3 is 69.5 Å². The van der Waals surface area contributed by atoms with E-state index < -0.39 is 230 Å². The van der Waals surface area contributed by atoms with E-state index in [1.54, 1.807) is 40.7 Å². The highest BCUT2D eigenvalue weighted by Gasteiger charge is 2.56. The zero-order chi connectivity index (χ0) is 81.2. The third-order valence-electron chi connectivity index (χ3n) is 24.8. The van der Waals surface area contributed by atoms with Crippen LogP contribution in [-0.4, -0.2) is 301 Å². The van der Waals surface area contributed by atoms with E-state index in [0.29, 0.717) is 44.1 Å². The van der Waals surface area contributed by atoms with E-state index >= 15 is 37.5 Å². The van der Waals surface area contributed by atoms with Gasteiger partial charge in [0.05, 0.1) is 44.7 Å². The summed E-state index contributed by atoms with van der Waals surface area (Å²) in [5.74, 6) is -16.8. The van der Waals surface area contributed by atoms with Crippen LogP contribution in [0.15, 0.2) is 11.6 Å². The zero-order valence-corrected chi connectivity index (χ0v) is 65.6. The summed E-state index contributed by atoms with van der Waals surface area (Å²) in [7, 11) is 8.02. The summed E-state index contributed by atoms with van der Waals surface area (Å²) in [6, 6.07) is -11.4. The van der Waals surface area contributed by atoms with Crippen LogP contribution in [0.5, 0.6) is 0 Å². The second kappa shape index (κ2) is 38.0. The summed E-state index contributed by atoms with van der Waals surface area (Å²) in [5.41, 5.74) is -1.11. The molecule has 8 aliphatic rings. The Hall–Kier alpha value is -7.26. The van der Waals surface area contributed by atoms with Crippen LogP contribution < -0.4 is 16.0 Å². The highest BCUT2D eigenvalue weighted by atomic mass is 19.4. The molecule has 26 nitrogen and oxygen atoms in total. The normalized spacial score (nSPS) is 32.7. The van der Waals surface area contributed by atoms with Gasteiger partial charge >= 0.3 is 12.4 Å². The molecule has 2 bridgehead atoms. The number of amides is 12. The van der Waals surface area contributed by atoms with E-state index in [1.165, 1.54) is 57.0 Å². The van der Waals surface area contributed by atoms with Gasteiger partial charge in [0, 0.05) is 81.5 Å². The molecule has 1 spiro atoms. The van der Waals surface area contributed by atoms with Crippen LogP contribution >= 0.6 is 0 Å². The van der Waals surface area contributed by atoms with Gasteiger partial charge in [-0.05, 0) is 147 Å². The van der Waals surface area contributed by atoms with Crippen molar-refractivity contribution in [3.63, 3.8) is 0 Å². The summed E-state index contributed by atoms with van der Waals surface area (Å²) in [6.45, 7) is 7.00. The third-order valence-corrected chi connectivity index (χ3v) is 24.8. The van der Waals surface area contributed by atoms with Gasteiger partial charge in [-0.1, -0.05) is 51.7 Å². The topological polar surface area (TPSA) is 289 Å². The summed E-state index contributed by atoms with van der Waals surface area (Å²) in [6.07, 6.45) is -14.8. The minimum Gasteiger partial charge on any atom is -0.378 e. The average Bonchev–Trinajstić information content (AvgIpc) is 1.13. The number of carbonyl (C=O) groups is 12. The molecule has 34 heteroatoms. The molecule has 0 aromatic rings. The maximum atomic E-state index is 15.7. The van der Waals surface area contributed by atoms with Crippen molar-refractivity contribution in [1.82, 2.24) is 60.0 Å². The van der Waals surface area contributed by atoms with Crippen molar-refractivity contribution >= 4 is 70.9 Å². The van der Waals surface area contributed by atoms with Crippen LogP contribution in [0.1, 0.15) is 176 Å². The van der Waals surface area contributed by atoms with Gasteiger partial charge in [0.2, 0.25) is 70.9 Å². The maximum Gasteiger partial charge on any atom is 0.397 e. The Labute approximate surface area is 639 Å². The molecule has 0 aromatic carbocycles. The molecule has 8 rings (SSSR count). The van der Waals surface area contributed by atoms with E-state index in [1.807, 2.05) is 0 Å². The Bertz CT molecular complexity index is 3320. The first-order chi connectivity index (χ1) is 51.8. The first-order valence-electron chi connectivity index (χ1n) is 39.4. The number of ether oxygens (including phenoxy) is 2. The number of morpholine rings is 1. The van der Waals surface area contributed by atoms with Crippen LogP contribution in [-0.2, 0) is 67.0 Å². The minimum absolute atomic E-state index is 0.00655. The predicted molar refractivity (Wildman–Crippen MR) is 385 cm³/mol. The van der Waals surface area contributed by atoms with Gasteiger partial charge in [-0.2, -0.15) is 26.3 Å². The fraction of sp³-hybridized carbons (Fsp3) is 0.816. The van der Waals surface area contributed by atoms with Crippen molar-refractivity contribution < 1.29 is 102 Å². The minimum atomic E-state index is -5.22. The number of fused-ring (bicyclic) bond motifs is 3. The number of carbonyl (C=O) groups excluding carboxylic acids is 12. The molecule has 0 aromatic heterocycles. The van der Waals surface area contributed by atoms with Crippen LogP contribution in [0.3, 0.4) is 0 Å². The number of rotatable bonds is 12. The lowest BCUT2D eigenvalue weighted by molar-refractivity contribution is -0.219. The molecular formula is C76H116F8N12O14. The van der Waals surface area contributed by atoms with Gasteiger partial charge in [-0.3, -0.25) is 57.5 Å². The highest BCUT2D eigenvalue weighted by molar-refractivity contribution is 6.01. The Morgan fingerprint density at radius 3 is 1.84 bits per heavy atom. The number of hydrogen-bond acceptors (Lipinski definition) is 14. The molecular weight excluding hydrogens is 1460 g/mol. The highest BCUT2D eigenvalue weighted by Crippen LogP contribution is 2.46. The van der Waals surface area contributed by atoms with Crippen molar-refractivity contribution in [3.05, 3.63) is 11.6 Å². The van der Waals surface area contributed by atoms with Gasteiger partial charge in [0.15, 0.2) is 0 Å². The Morgan fingerprint density at radius 1 is 0.636 bits per heavy atom. The molecule has 3 saturated heterocycles. The van der Waals surface area contributed by atoms with Gasteiger partial charge in [-0.25, -0.2) is 8.78 Å². The van der Waals surface area contributed by atoms with Crippen LogP contribution in [0.2, 0.25) is 0 Å². The summed E-state index contributed by atoms with van der Waals surface area (Å²) in [5, 5.41) is 8.40. The SMILES string of the molecule is CCO[C@@H]1C[C@H]2C(=O)NC3(CCC3)C(=O)N(C)[C@@H](C3CCCC3)C(=O)N(C)[C@H](C(=O)N3CCOCC3)CC(=O)N(C)[C@@H](CC)C(=O)N[C@@H]([C@@H](C)CC)C(=O)N(C)CC(=O)N(C)[C@H]3CC/C=C(/C)CN(C3=O)[C@@H](CC3CCC(C(F)(F)F)CC3)C(=O)N(C)CC(=O)N[C@@H](CCC3CC(F)C(C(F)(F)F)C(F)C3)C(=O)N2C1. The monoisotopic (exact) mass is 1570 g/mol. The van der Waals surface area contributed by atoms with Crippen LogP contribution in [0.4, 0.5) is 35.1 Å². The maximum absolute atomic E-state index is 15.7. The first kappa shape index (κ1) is 88.3. The average molecular weight is 1570 g/mol. The Balaban J connectivity index is 1.21. The first-order valence-corrected chi connectivity index (χ1v) is 39.4. The van der Waals surface area contributed by atoms with Crippen molar-refractivity contribution in [2.24, 2.45) is 35.5 Å². The van der Waals surface area contributed by atoms with Crippen molar-refractivity contribution in [3.8, 4) is 0 Å². The molecule has 12 atom stereocenters. The zero-order valence-electron chi connectivity index (χ0n) is 65.6. The largest absolute Gasteiger partial charge is 0.397 e. The number of nitrogens with zero attached hydrogens (tertiary/aromatic N) is 9. The number of halogens is 8. The summed E-state index contributed by atoms with van der Waals surface area (Å²) < 4.78 is 127. The lowest BCUT2D eigenvalue weighted by atomic mass is 9.74. The number of nitrogens with one attached hydrogen (secondary N) is 3. The van der Waals surface area contributed by atoms with Gasteiger partial charge in [-0.15, -0.1) is 0 Å². The molecule has 0 radical (unpaired) electrons. The lowest BCUT2D eigenvalue weighted by Crippen LogP contribution is -2.68. The summed E-state index contributed by atoms with van der Waals surface area (Å²) >= 11 is 0. The molecule has 12 amide bonds. The number of alkyl halides is 8. The smallest absolute Gasteiger partial charge is 0.378 e. The molecule has 110 heavy (non-hydrogen) atoms. The van der Waals surface area contributed by atoms with E-state index in [9.17, 15) is 55.1 Å². The fourth-order valence-corrected chi connectivity index (χ4v) is 17.7. The van der Waals surface area contributed by atoms with E-state index in [-0.39, 0.29) is 123 Å². The van der Waals surface area contributed by atoms with E-state index in [4.69, 9.17) is 9.47 Å². The quantitative estimate of drug-likeness (QED) is 0.152.